The number of aryl methyl sites for hydroxylation is 1. The summed E-state index contributed by atoms with van der Waals surface area (Å²) in [5.74, 6) is 0. The third-order valence-corrected chi connectivity index (χ3v) is 4.99. The van der Waals surface area contributed by atoms with Gasteiger partial charge in [0, 0.05) is 11.6 Å². The maximum atomic E-state index is 6.67. The highest BCUT2D eigenvalue weighted by Gasteiger charge is 2.37. The van der Waals surface area contributed by atoms with Crippen LogP contribution in [-0.4, -0.2) is 23.5 Å². The largest absolute Gasteiger partial charge is 0.322 e. The molecule has 0 aromatic heterocycles. The Morgan fingerprint density at radius 3 is 2.42 bits per heavy atom. The zero-order chi connectivity index (χ0) is 13.9. The van der Waals surface area contributed by atoms with Crippen LogP contribution in [0.4, 0.5) is 0 Å². The Kier molecular flexibility index (Phi) is 4.64. The molecular weight excluding hydrogens is 232 g/mol. The third-order valence-electron chi connectivity index (χ3n) is 4.99. The summed E-state index contributed by atoms with van der Waals surface area (Å²) in [7, 11) is 0. The molecule has 1 aromatic carbocycles. The maximum absolute atomic E-state index is 6.67. The maximum Gasteiger partial charge on any atom is 0.0481 e. The van der Waals surface area contributed by atoms with E-state index in [2.05, 4.69) is 49.9 Å². The molecule has 0 saturated carbocycles. The van der Waals surface area contributed by atoms with Crippen molar-refractivity contribution in [3.63, 3.8) is 0 Å². The van der Waals surface area contributed by atoms with Crippen LogP contribution in [0.25, 0.3) is 0 Å². The number of piperidine rings is 1. The average Bonchev–Trinajstić information content (AvgIpc) is 2.47. The van der Waals surface area contributed by atoms with Crippen molar-refractivity contribution < 1.29 is 0 Å². The molecule has 1 heterocycles. The molecule has 0 amide bonds. The van der Waals surface area contributed by atoms with Gasteiger partial charge in [0.15, 0.2) is 0 Å². The molecule has 2 atom stereocenters. The molecule has 1 aliphatic rings. The molecule has 106 valence electrons. The van der Waals surface area contributed by atoms with Crippen molar-refractivity contribution in [3.05, 3.63) is 35.4 Å². The van der Waals surface area contributed by atoms with Crippen LogP contribution in [0.3, 0.4) is 0 Å². The topological polar surface area (TPSA) is 29.3 Å². The molecule has 0 spiro atoms. The Morgan fingerprint density at radius 2 is 1.84 bits per heavy atom. The van der Waals surface area contributed by atoms with Crippen LogP contribution in [0.1, 0.15) is 56.7 Å². The van der Waals surface area contributed by atoms with Crippen molar-refractivity contribution in [3.8, 4) is 0 Å². The fourth-order valence-corrected chi connectivity index (χ4v) is 3.32. The van der Waals surface area contributed by atoms with E-state index >= 15 is 0 Å². The normalized spacial score (nSPS) is 21.9. The molecule has 0 bridgehead atoms. The van der Waals surface area contributed by atoms with Gasteiger partial charge in [0.1, 0.15) is 0 Å². The Hall–Kier alpha value is -0.860. The third kappa shape index (κ3) is 2.85. The van der Waals surface area contributed by atoms with Crippen LogP contribution >= 0.6 is 0 Å². The van der Waals surface area contributed by atoms with E-state index in [1.807, 2.05) is 0 Å². The monoisotopic (exact) mass is 260 g/mol. The lowest BCUT2D eigenvalue weighted by Crippen LogP contribution is -2.54. The second kappa shape index (κ2) is 6.06. The first-order valence-corrected chi connectivity index (χ1v) is 7.65. The molecule has 1 aromatic rings. The number of nitrogens with zero attached hydrogens (tertiary/aromatic N) is 1. The van der Waals surface area contributed by atoms with E-state index in [1.165, 1.54) is 43.5 Å². The number of nitrogens with two attached hydrogens (primary N) is 1. The first-order valence-electron chi connectivity index (χ1n) is 7.65. The van der Waals surface area contributed by atoms with E-state index in [0.717, 1.165) is 6.42 Å². The van der Waals surface area contributed by atoms with Gasteiger partial charge in [-0.05, 0) is 57.3 Å². The number of rotatable bonds is 4. The van der Waals surface area contributed by atoms with Gasteiger partial charge in [-0.25, -0.2) is 0 Å². The van der Waals surface area contributed by atoms with Gasteiger partial charge in [-0.2, -0.15) is 0 Å². The zero-order valence-corrected chi connectivity index (χ0v) is 12.7. The molecule has 1 saturated heterocycles. The highest BCUT2D eigenvalue weighted by Crippen LogP contribution is 2.35. The van der Waals surface area contributed by atoms with Crippen LogP contribution in [0.5, 0.6) is 0 Å². The van der Waals surface area contributed by atoms with Crippen LogP contribution in [0.2, 0.25) is 0 Å². The van der Waals surface area contributed by atoms with Crippen LogP contribution in [-0.2, 0) is 0 Å². The molecule has 2 rings (SSSR count). The molecule has 0 radical (unpaired) electrons. The number of hydrogen-bond acceptors (Lipinski definition) is 2. The lowest BCUT2D eigenvalue weighted by Gasteiger charge is -2.47. The van der Waals surface area contributed by atoms with Crippen molar-refractivity contribution in [2.24, 2.45) is 5.73 Å². The van der Waals surface area contributed by atoms with E-state index in [-0.39, 0.29) is 11.6 Å². The fourth-order valence-electron chi connectivity index (χ4n) is 3.32. The molecule has 2 N–H and O–H groups in total. The van der Waals surface area contributed by atoms with E-state index in [1.54, 1.807) is 0 Å². The molecule has 2 unspecified atom stereocenters. The lowest BCUT2D eigenvalue weighted by atomic mass is 9.81. The predicted molar refractivity (Wildman–Crippen MR) is 82.2 cm³/mol. The lowest BCUT2D eigenvalue weighted by molar-refractivity contribution is 0.0541. The second-order valence-corrected chi connectivity index (χ2v) is 6.09. The first kappa shape index (κ1) is 14.5. The summed E-state index contributed by atoms with van der Waals surface area (Å²) < 4.78 is 0. The Morgan fingerprint density at radius 1 is 1.21 bits per heavy atom. The van der Waals surface area contributed by atoms with Gasteiger partial charge in [-0.1, -0.05) is 37.6 Å². The quantitative estimate of drug-likeness (QED) is 0.895. The molecule has 2 nitrogen and oxygen atoms in total. The van der Waals surface area contributed by atoms with Crippen molar-refractivity contribution in [1.29, 1.82) is 0 Å². The number of likely N-dealkylation sites (tertiary alicyclic amines) is 1. The van der Waals surface area contributed by atoms with Gasteiger partial charge in [-0.15, -0.1) is 0 Å². The summed E-state index contributed by atoms with van der Waals surface area (Å²) >= 11 is 0. The predicted octanol–water partition coefficient (Wildman–Crippen LogP) is 3.65. The Balaban J connectivity index is 2.27. The first-order chi connectivity index (χ1) is 9.09. The molecule has 0 aliphatic carbocycles. The second-order valence-electron chi connectivity index (χ2n) is 6.09. The number of hydrogen-bond donors (Lipinski definition) is 1. The van der Waals surface area contributed by atoms with Crippen LogP contribution < -0.4 is 5.73 Å². The van der Waals surface area contributed by atoms with Crippen LogP contribution in [0, 0.1) is 6.92 Å². The summed E-state index contributed by atoms with van der Waals surface area (Å²) in [5, 5.41) is 0. The summed E-state index contributed by atoms with van der Waals surface area (Å²) in [6.07, 6.45) is 5.10. The molecule has 19 heavy (non-hydrogen) atoms. The van der Waals surface area contributed by atoms with Crippen molar-refractivity contribution >= 4 is 0 Å². The minimum absolute atomic E-state index is 0.0759. The standard InChI is InChI=1S/C17H28N2/c1-4-17(3,19-12-8-5-9-13-19)16(18)15-11-7-6-10-14(15)2/h6-7,10-11,16H,4-5,8-9,12-13,18H2,1-3H3. The van der Waals surface area contributed by atoms with Crippen molar-refractivity contribution in [1.82, 2.24) is 4.90 Å². The van der Waals surface area contributed by atoms with E-state index in [4.69, 9.17) is 5.73 Å². The number of benzene rings is 1. The summed E-state index contributed by atoms with van der Waals surface area (Å²) in [6, 6.07) is 8.65. The van der Waals surface area contributed by atoms with Gasteiger partial charge in [0.25, 0.3) is 0 Å². The van der Waals surface area contributed by atoms with Gasteiger partial charge >= 0.3 is 0 Å². The summed E-state index contributed by atoms with van der Waals surface area (Å²) in [6.45, 7) is 9.18. The SMILES string of the molecule is CCC(C)(C(N)c1ccccc1C)N1CCCCC1. The van der Waals surface area contributed by atoms with Gasteiger partial charge in [-0.3, -0.25) is 4.90 Å². The zero-order valence-electron chi connectivity index (χ0n) is 12.7. The van der Waals surface area contributed by atoms with Crippen molar-refractivity contribution in [2.75, 3.05) is 13.1 Å². The molecule has 2 heteroatoms. The van der Waals surface area contributed by atoms with E-state index < -0.39 is 0 Å². The molecule has 1 fully saturated rings. The average molecular weight is 260 g/mol. The minimum atomic E-state index is 0.0759. The van der Waals surface area contributed by atoms with Gasteiger partial charge in [0.2, 0.25) is 0 Å². The van der Waals surface area contributed by atoms with E-state index in [0.29, 0.717) is 0 Å². The fraction of sp³-hybridized carbons (Fsp3) is 0.647. The van der Waals surface area contributed by atoms with Gasteiger partial charge in [0.05, 0.1) is 0 Å². The summed E-state index contributed by atoms with van der Waals surface area (Å²) in [5.41, 5.74) is 9.36. The molecular formula is C17H28N2. The van der Waals surface area contributed by atoms with Crippen LogP contribution in [0.15, 0.2) is 24.3 Å². The highest BCUT2D eigenvalue weighted by atomic mass is 15.2. The minimum Gasteiger partial charge on any atom is -0.322 e. The Bertz CT molecular complexity index is 409. The van der Waals surface area contributed by atoms with Gasteiger partial charge < -0.3 is 5.73 Å². The highest BCUT2D eigenvalue weighted by molar-refractivity contribution is 5.31. The van der Waals surface area contributed by atoms with Crippen molar-refractivity contribution in [2.45, 2.75) is 58.0 Å². The molecule has 1 aliphatic heterocycles. The van der Waals surface area contributed by atoms with E-state index in [9.17, 15) is 0 Å². The Labute approximate surface area is 118 Å². The summed E-state index contributed by atoms with van der Waals surface area (Å²) in [4.78, 5) is 2.62. The smallest absolute Gasteiger partial charge is 0.0481 e.